The molecule has 3 N–H and O–H groups in total. The third kappa shape index (κ3) is 2.85. The van der Waals surface area contributed by atoms with Crippen LogP contribution in [0.1, 0.15) is 16.2 Å². The first-order valence-corrected chi connectivity index (χ1v) is 5.70. The molecule has 0 saturated carbocycles. The Morgan fingerprint density at radius 2 is 2.22 bits per heavy atom. The summed E-state index contributed by atoms with van der Waals surface area (Å²) in [6.45, 7) is 0.520. The number of amides is 1. The first-order valence-electron chi connectivity index (χ1n) is 5.70. The number of aromatic nitrogens is 3. The SMILES string of the molecule is CNc1ccccc1C(=O)NCCc1ncn[nH]1. The predicted molar refractivity (Wildman–Crippen MR) is 68.4 cm³/mol. The number of hydrogen-bond donors (Lipinski definition) is 3. The summed E-state index contributed by atoms with van der Waals surface area (Å²) < 4.78 is 0. The van der Waals surface area contributed by atoms with Crippen LogP contribution in [-0.2, 0) is 6.42 Å². The highest BCUT2D eigenvalue weighted by atomic mass is 16.1. The lowest BCUT2D eigenvalue weighted by Gasteiger charge is -2.08. The van der Waals surface area contributed by atoms with Crippen molar-refractivity contribution in [2.45, 2.75) is 6.42 Å². The molecule has 2 rings (SSSR count). The van der Waals surface area contributed by atoms with Crippen molar-refractivity contribution in [3.63, 3.8) is 0 Å². The number of aromatic amines is 1. The molecule has 18 heavy (non-hydrogen) atoms. The summed E-state index contributed by atoms with van der Waals surface area (Å²) in [4.78, 5) is 15.9. The van der Waals surface area contributed by atoms with E-state index in [9.17, 15) is 4.79 Å². The van der Waals surface area contributed by atoms with Crippen LogP contribution in [0.15, 0.2) is 30.6 Å². The van der Waals surface area contributed by atoms with Crippen molar-refractivity contribution >= 4 is 11.6 Å². The number of nitrogens with one attached hydrogen (secondary N) is 3. The molecule has 0 radical (unpaired) electrons. The molecule has 6 heteroatoms. The summed E-state index contributed by atoms with van der Waals surface area (Å²) in [5, 5.41) is 12.3. The van der Waals surface area contributed by atoms with Gasteiger partial charge in [0.15, 0.2) is 0 Å². The Hall–Kier alpha value is -2.37. The molecule has 0 spiro atoms. The smallest absolute Gasteiger partial charge is 0.253 e. The van der Waals surface area contributed by atoms with E-state index >= 15 is 0 Å². The number of rotatable bonds is 5. The van der Waals surface area contributed by atoms with Crippen molar-refractivity contribution < 1.29 is 4.79 Å². The molecule has 0 aliphatic rings. The molecule has 1 aromatic carbocycles. The molecule has 1 heterocycles. The fourth-order valence-electron chi connectivity index (χ4n) is 1.64. The van der Waals surface area contributed by atoms with E-state index in [2.05, 4.69) is 25.8 Å². The molecule has 0 fully saturated rings. The van der Waals surface area contributed by atoms with Crippen LogP contribution in [0.5, 0.6) is 0 Å². The first-order chi connectivity index (χ1) is 8.81. The molecule has 94 valence electrons. The van der Waals surface area contributed by atoms with Gasteiger partial charge in [0.25, 0.3) is 5.91 Å². The first kappa shape index (κ1) is 12.1. The van der Waals surface area contributed by atoms with E-state index in [1.165, 1.54) is 6.33 Å². The zero-order valence-corrected chi connectivity index (χ0v) is 10.1. The molecule has 0 atom stereocenters. The van der Waals surface area contributed by atoms with E-state index < -0.39 is 0 Å². The minimum Gasteiger partial charge on any atom is -0.387 e. The van der Waals surface area contributed by atoms with Gasteiger partial charge in [0, 0.05) is 25.7 Å². The fraction of sp³-hybridized carbons (Fsp3) is 0.250. The van der Waals surface area contributed by atoms with Crippen LogP contribution in [0.25, 0.3) is 0 Å². The number of carbonyl (C=O) groups excluding carboxylic acids is 1. The summed E-state index contributed by atoms with van der Waals surface area (Å²) in [7, 11) is 1.79. The quantitative estimate of drug-likeness (QED) is 0.728. The van der Waals surface area contributed by atoms with Gasteiger partial charge in [-0.2, -0.15) is 5.10 Å². The maximum Gasteiger partial charge on any atom is 0.253 e. The van der Waals surface area contributed by atoms with Gasteiger partial charge in [-0.1, -0.05) is 12.1 Å². The lowest BCUT2D eigenvalue weighted by atomic mass is 10.1. The van der Waals surface area contributed by atoms with Crippen LogP contribution in [0, 0.1) is 0 Å². The van der Waals surface area contributed by atoms with Gasteiger partial charge in [-0.05, 0) is 12.1 Å². The molecule has 0 aliphatic carbocycles. The van der Waals surface area contributed by atoms with E-state index in [1.807, 2.05) is 18.2 Å². The van der Waals surface area contributed by atoms with E-state index in [1.54, 1.807) is 13.1 Å². The Morgan fingerprint density at radius 3 is 2.94 bits per heavy atom. The zero-order chi connectivity index (χ0) is 12.8. The van der Waals surface area contributed by atoms with Gasteiger partial charge >= 0.3 is 0 Å². The molecule has 0 saturated heterocycles. The highest BCUT2D eigenvalue weighted by molar-refractivity contribution is 5.99. The monoisotopic (exact) mass is 245 g/mol. The van der Waals surface area contributed by atoms with Crippen LogP contribution < -0.4 is 10.6 Å². The number of H-pyrrole nitrogens is 1. The highest BCUT2D eigenvalue weighted by Crippen LogP contribution is 2.13. The van der Waals surface area contributed by atoms with E-state index in [0.717, 1.165) is 11.5 Å². The maximum absolute atomic E-state index is 12.0. The molecule has 0 aliphatic heterocycles. The number of nitrogens with zero attached hydrogens (tertiary/aromatic N) is 2. The Balaban J connectivity index is 1.91. The van der Waals surface area contributed by atoms with E-state index in [0.29, 0.717) is 18.5 Å². The van der Waals surface area contributed by atoms with E-state index in [-0.39, 0.29) is 5.91 Å². The van der Waals surface area contributed by atoms with Gasteiger partial charge in [0.05, 0.1) is 5.56 Å². The number of benzene rings is 1. The Labute approximate surface area is 105 Å². The number of para-hydroxylation sites is 1. The van der Waals surface area contributed by atoms with Crippen molar-refractivity contribution in [2.24, 2.45) is 0 Å². The predicted octanol–water partition coefficient (Wildman–Crippen LogP) is 0.819. The number of anilines is 1. The van der Waals surface area contributed by atoms with Crippen LogP contribution in [-0.4, -0.2) is 34.7 Å². The van der Waals surface area contributed by atoms with Crippen LogP contribution in [0.3, 0.4) is 0 Å². The average Bonchev–Trinajstić information content (AvgIpc) is 2.91. The third-order valence-corrected chi connectivity index (χ3v) is 2.55. The standard InChI is InChI=1S/C12H15N5O/c1-13-10-5-3-2-4-9(10)12(18)14-7-6-11-15-8-16-17-11/h2-5,8,13H,6-7H2,1H3,(H,14,18)(H,15,16,17). The van der Waals surface area contributed by atoms with E-state index in [4.69, 9.17) is 0 Å². The lowest BCUT2D eigenvalue weighted by molar-refractivity contribution is 0.0955. The van der Waals surface area contributed by atoms with Gasteiger partial charge in [-0.3, -0.25) is 9.89 Å². The van der Waals surface area contributed by atoms with Crippen molar-refractivity contribution in [1.82, 2.24) is 20.5 Å². The van der Waals surface area contributed by atoms with Crippen molar-refractivity contribution in [3.8, 4) is 0 Å². The van der Waals surface area contributed by atoms with Gasteiger partial charge in [0.2, 0.25) is 0 Å². The number of hydrogen-bond acceptors (Lipinski definition) is 4. The average molecular weight is 245 g/mol. The molecule has 0 unspecified atom stereocenters. The largest absolute Gasteiger partial charge is 0.387 e. The summed E-state index contributed by atoms with van der Waals surface area (Å²) in [6.07, 6.45) is 2.08. The van der Waals surface area contributed by atoms with Crippen molar-refractivity contribution in [2.75, 3.05) is 18.9 Å². The lowest BCUT2D eigenvalue weighted by Crippen LogP contribution is -2.26. The Kier molecular flexibility index (Phi) is 3.90. The summed E-state index contributed by atoms with van der Waals surface area (Å²) >= 11 is 0. The minimum atomic E-state index is -0.0977. The van der Waals surface area contributed by atoms with Crippen LogP contribution in [0.2, 0.25) is 0 Å². The summed E-state index contributed by atoms with van der Waals surface area (Å²) in [6, 6.07) is 7.38. The van der Waals surface area contributed by atoms with Gasteiger partial charge in [0.1, 0.15) is 12.2 Å². The fourth-order valence-corrected chi connectivity index (χ4v) is 1.64. The summed E-state index contributed by atoms with van der Waals surface area (Å²) in [5.41, 5.74) is 1.45. The second kappa shape index (κ2) is 5.81. The van der Waals surface area contributed by atoms with Crippen molar-refractivity contribution in [3.05, 3.63) is 42.0 Å². The Bertz CT molecular complexity index is 509. The topological polar surface area (TPSA) is 82.7 Å². The van der Waals surface area contributed by atoms with Gasteiger partial charge < -0.3 is 10.6 Å². The molecule has 6 nitrogen and oxygen atoms in total. The maximum atomic E-state index is 12.0. The second-order valence-corrected chi connectivity index (χ2v) is 3.73. The van der Waals surface area contributed by atoms with Crippen LogP contribution in [0.4, 0.5) is 5.69 Å². The molecular weight excluding hydrogens is 230 g/mol. The van der Waals surface area contributed by atoms with Crippen LogP contribution >= 0.6 is 0 Å². The highest BCUT2D eigenvalue weighted by Gasteiger charge is 2.09. The zero-order valence-electron chi connectivity index (χ0n) is 10.1. The van der Waals surface area contributed by atoms with Gasteiger partial charge in [-0.15, -0.1) is 0 Å². The molecular formula is C12H15N5O. The molecule has 1 amide bonds. The van der Waals surface area contributed by atoms with Gasteiger partial charge in [-0.25, -0.2) is 4.98 Å². The summed E-state index contributed by atoms with van der Waals surface area (Å²) in [5.74, 6) is 0.664. The normalized spacial score (nSPS) is 10.1. The molecule has 2 aromatic rings. The minimum absolute atomic E-state index is 0.0977. The Morgan fingerprint density at radius 1 is 1.39 bits per heavy atom. The second-order valence-electron chi connectivity index (χ2n) is 3.73. The third-order valence-electron chi connectivity index (χ3n) is 2.55. The van der Waals surface area contributed by atoms with Crippen molar-refractivity contribution in [1.29, 1.82) is 0 Å². The number of carbonyl (C=O) groups is 1. The molecule has 1 aromatic heterocycles. The molecule has 0 bridgehead atoms.